The van der Waals surface area contributed by atoms with E-state index >= 15 is 0 Å². The lowest BCUT2D eigenvalue weighted by Gasteiger charge is -2.04. The largest absolute Gasteiger partial charge is 0.463 e. The molecule has 24 heavy (non-hydrogen) atoms. The Labute approximate surface area is 139 Å². The van der Waals surface area contributed by atoms with Crippen molar-refractivity contribution < 1.29 is 23.6 Å². The molecule has 2 rings (SSSR count). The SMILES string of the molecule is COC(=O)c1ccc(CO/N=C(\C)c2ccc(NC(C)=O)cc2)o1. The van der Waals surface area contributed by atoms with E-state index in [0.717, 1.165) is 5.56 Å². The first-order valence-electron chi connectivity index (χ1n) is 7.21. The van der Waals surface area contributed by atoms with Gasteiger partial charge in [0.15, 0.2) is 6.61 Å². The topological polar surface area (TPSA) is 90.1 Å². The summed E-state index contributed by atoms with van der Waals surface area (Å²) in [5, 5.41) is 6.70. The van der Waals surface area contributed by atoms with Crippen molar-refractivity contribution in [1.29, 1.82) is 0 Å². The average Bonchev–Trinajstić information content (AvgIpc) is 3.03. The fraction of sp³-hybridized carbons (Fsp3) is 0.235. The van der Waals surface area contributed by atoms with Gasteiger partial charge in [0.25, 0.3) is 0 Å². The molecule has 7 nitrogen and oxygen atoms in total. The third-order valence-electron chi connectivity index (χ3n) is 3.08. The summed E-state index contributed by atoms with van der Waals surface area (Å²) < 4.78 is 9.82. The zero-order valence-corrected chi connectivity index (χ0v) is 13.7. The van der Waals surface area contributed by atoms with E-state index in [0.29, 0.717) is 17.2 Å². The minimum Gasteiger partial charge on any atom is -0.463 e. The highest BCUT2D eigenvalue weighted by Crippen LogP contribution is 2.12. The maximum absolute atomic E-state index is 11.3. The third-order valence-corrected chi connectivity index (χ3v) is 3.08. The zero-order valence-electron chi connectivity index (χ0n) is 13.7. The fourth-order valence-corrected chi connectivity index (χ4v) is 1.91. The summed E-state index contributed by atoms with van der Waals surface area (Å²) in [6.07, 6.45) is 0. The molecule has 0 fully saturated rings. The first kappa shape index (κ1) is 17.3. The summed E-state index contributed by atoms with van der Waals surface area (Å²) in [5.74, 6) is -0.0836. The molecule has 0 unspecified atom stereocenters. The second-order valence-corrected chi connectivity index (χ2v) is 4.97. The van der Waals surface area contributed by atoms with Crippen LogP contribution in [0.5, 0.6) is 0 Å². The number of anilines is 1. The van der Waals surface area contributed by atoms with Crippen LogP contribution in [0.4, 0.5) is 5.69 Å². The van der Waals surface area contributed by atoms with E-state index in [-0.39, 0.29) is 18.3 Å². The standard InChI is InChI=1S/C17H18N2O5/c1-11(13-4-6-14(7-5-13)18-12(2)20)19-23-10-15-8-9-16(24-15)17(21)22-3/h4-9H,10H2,1-3H3,(H,18,20)/b19-11+. The predicted molar refractivity (Wildman–Crippen MR) is 87.8 cm³/mol. The van der Waals surface area contributed by atoms with Crippen LogP contribution in [0.15, 0.2) is 46.0 Å². The lowest BCUT2D eigenvalue weighted by atomic mass is 10.1. The van der Waals surface area contributed by atoms with Gasteiger partial charge in [-0.2, -0.15) is 0 Å². The molecule has 0 aliphatic rings. The molecule has 126 valence electrons. The monoisotopic (exact) mass is 330 g/mol. The average molecular weight is 330 g/mol. The van der Waals surface area contributed by atoms with Crippen molar-refractivity contribution in [3.63, 3.8) is 0 Å². The van der Waals surface area contributed by atoms with Gasteiger partial charge in [-0.3, -0.25) is 4.79 Å². The van der Waals surface area contributed by atoms with Crippen LogP contribution in [-0.4, -0.2) is 24.7 Å². The molecule has 0 radical (unpaired) electrons. The van der Waals surface area contributed by atoms with E-state index in [1.807, 2.05) is 12.1 Å². The molecule has 0 aliphatic carbocycles. The molecule has 1 N–H and O–H groups in total. The zero-order chi connectivity index (χ0) is 17.5. The molecule has 1 aromatic carbocycles. The lowest BCUT2D eigenvalue weighted by molar-refractivity contribution is -0.114. The van der Waals surface area contributed by atoms with Crippen molar-refractivity contribution in [3.8, 4) is 0 Å². The van der Waals surface area contributed by atoms with Gasteiger partial charge in [-0.1, -0.05) is 17.3 Å². The number of carbonyl (C=O) groups excluding carboxylic acids is 2. The summed E-state index contributed by atoms with van der Waals surface area (Å²) in [4.78, 5) is 27.5. The number of benzene rings is 1. The summed E-state index contributed by atoms with van der Waals surface area (Å²) in [6.45, 7) is 3.35. The quantitative estimate of drug-likeness (QED) is 0.499. The van der Waals surface area contributed by atoms with Gasteiger partial charge in [-0.05, 0) is 36.8 Å². The number of hydrogen-bond donors (Lipinski definition) is 1. The molecular weight excluding hydrogens is 312 g/mol. The first-order chi connectivity index (χ1) is 11.5. The van der Waals surface area contributed by atoms with E-state index in [2.05, 4.69) is 15.2 Å². The molecule has 0 saturated heterocycles. The number of esters is 1. The van der Waals surface area contributed by atoms with E-state index in [4.69, 9.17) is 9.25 Å². The number of nitrogens with zero attached hydrogens (tertiary/aromatic N) is 1. The van der Waals surface area contributed by atoms with Gasteiger partial charge in [-0.15, -0.1) is 0 Å². The highest BCUT2D eigenvalue weighted by molar-refractivity contribution is 5.99. The van der Waals surface area contributed by atoms with Gasteiger partial charge in [-0.25, -0.2) is 4.79 Å². The van der Waals surface area contributed by atoms with Crippen LogP contribution in [0.1, 0.15) is 35.7 Å². The number of ether oxygens (including phenoxy) is 1. The number of nitrogens with one attached hydrogen (secondary N) is 1. The highest BCUT2D eigenvalue weighted by atomic mass is 16.6. The van der Waals surface area contributed by atoms with Crippen molar-refractivity contribution in [2.75, 3.05) is 12.4 Å². The molecule has 7 heteroatoms. The third kappa shape index (κ3) is 4.70. The van der Waals surface area contributed by atoms with Gasteiger partial charge in [0.1, 0.15) is 5.76 Å². The Kier molecular flexibility index (Phi) is 5.73. The van der Waals surface area contributed by atoms with Crippen molar-refractivity contribution in [2.45, 2.75) is 20.5 Å². The maximum Gasteiger partial charge on any atom is 0.373 e. The summed E-state index contributed by atoms with van der Waals surface area (Å²) in [6, 6.07) is 10.4. The number of carbonyl (C=O) groups is 2. The Hall–Kier alpha value is -3.09. The van der Waals surface area contributed by atoms with Crippen molar-refractivity contribution in [3.05, 3.63) is 53.5 Å². The molecule has 1 amide bonds. The predicted octanol–water partition coefficient (Wildman–Crippen LogP) is 2.97. The number of furan rings is 1. The van der Waals surface area contributed by atoms with Crippen LogP contribution in [-0.2, 0) is 21.0 Å². The molecule has 0 aliphatic heterocycles. The minimum absolute atomic E-state index is 0.0955. The first-order valence-corrected chi connectivity index (χ1v) is 7.21. The Balaban J connectivity index is 1.92. The van der Waals surface area contributed by atoms with Crippen LogP contribution < -0.4 is 5.32 Å². The van der Waals surface area contributed by atoms with E-state index in [1.165, 1.54) is 20.1 Å². The number of oxime groups is 1. The molecule has 1 aromatic heterocycles. The minimum atomic E-state index is -0.541. The van der Waals surface area contributed by atoms with Crippen LogP contribution in [0.2, 0.25) is 0 Å². The van der Waals surface area contributed by atoms with Crippen LogP contribution in [0.25, 0.3) is 0 Å². The Morgan fingerprint density at radius 3 is 2.46 bits per heavy atom. The van der Waals surface area contributed by atoms with Gasteiger partial charge in [0.05, 0.1) is 12.8 Å². The molecule has 0 bridgehead atoms. The molecule has 1 heterocycles. The summed E-state index contributed by atoms with van der Waals surface area (Å²) >= 11 is 0. The second-order valence-electron chi connectivity index (χ2n) is 4.97. The number of methoxy groups -OCH3 is 1. The smallest absolute Gasteiger partial charge is 0.373 e. The van der Waals surface area contributed by atoms with Crippen LogP contribution in [0, 0.1) is 0 Å². The number of rotatable bonds is 6. The Morgan fingerprint density at radius 2 is 1.83 bits per heavy atom. The molecule has 0 atom stereocenters. The van der Waals surface area contributed by atoms with Crippen LogP contribution >= 0.6 is 0 Å². The Morgan fingerprint density at radius 1 is 1.12 bits per heavy atom. The summed E-state index contributed by atoms with van der Waals surface area (Å²) in [5.41, 5.74) is 2.24. The lowest BCUT2D eigenvalue weighted by Crippen LogP contribution is -2.06. The molecule has 0 saturated carbocycles. The molecular formula is C17H18N2O5. The summed E-state index contributed by atoms with van der Waals surface area (Å²) in [7, 11) is 1.28. The second kappa shape index (κ2) is 7.96. The number of hydrogen-bond acceptors (Lipinski definition) is 6. The van der Waals surface area contributed by atoms with Crippen molar-refractivity contribution in [2.24, 2.45) is 5.16 Å². The van der Waals surface area contributed by atoms with Gasteiger partial charge in [0.2, 0.25) is 11.7 Å². The number of amides is 1. The van der Waals surface area contributed by atoms with Gasteiger partial charge < -0.3 is 19.3 Å². The maximum atomic E-state index is 11.3. The van der Waals surface area contributed by atoms with Crippen molar-refractivity contribution in [1.82, 2.24) is 0 Å². The normalized spacial score (nSPS) is 11.0. The molecule has 2 aromatic rings. The van der Waals surface area contributed by atoms with Gasteiger partial charge >= 0.3 is 5.97 Å². The van der Waals surface area contributed by atoms with E-state index in [1.54, 1.807) is 25.1 Å². The van der Waals surface area contributed by atoms with Gasteiger partial charge in [0, 0.05) is 12.6 Å². The molecule has 0 spiro atoms. The Bertz CT molecular complexity index is 747. The van der Waals surface area contributed by atoms with E-state index < -0.39 is 5.97 Å². The van der Waals surface area contributed by atoms with Crippen LogP contribution in [0.3, 0.4) is 0 Å². The van der Waals surface area contributed by atoms with Crippen molar-refractivity contribution >= 4 is 23.3 Å². The highest BCUT2D eigenvalue weighted by Gasteiger charge is 2.11. The van der Waals surface area contributed by atoms with E-state index in [9.17, 15) is 9.59 Å². The fourth-order valence-electron chi connectivity index (χ4n) is 1.91.